The lowest BCUT2D eigenvalue weighted by atomic mass is 10.0. The van der Waals surface area contributed by atoms with E-state index in [1.165, 1.54) is 6.07 Å². The molecule has 2 aromatic carbocycles. The van der Waals surface area contributed by atoms with Crippen molar-refractivity contribution in [3.63, 3.8) is 0 Å². The Morgan fingerprint density at radius 1 is 0.952 bits per heavy atom. The van der Waals surface area contributed by atoms with E-state index < -0.39 is 5.97 Å². The van der Waals surface area contributed by atoms with Crippen molar-refractivity contribution in [2.75, 3.05) is 5.32 Å². The van der Waals surface area contributed by atoms with Crippen LogP contribution >= 0.6 is 0 Å². The standard InChI is InChI=1S/C17H17NO3/c1-10-4-5-11(2)14(8-10)16(19)18-15-7-6-13(17(20)21)9-12(15)3/h4-9H,1-3H3,(H,18,19)(H,20,21). The molecular formula is C17H17NO3. The number of carboxylic acid groups (broad SMARTS) is 1. The summed E-state index contributed by atoms with van der Waals surface area (Å²) in [6.07, 6.45) is 0. The third-order valence-corrected chi connectivity index (χ3v) is 3.36. The second-order valence-corrected chi connectivity index (χ2v) is 5.11. The summed E-state index contributed by atoms with van der Waals surface area (Å²) >= 11 is 0. The molecule has 2 rings (SSSR count). The molecule has 2 aromatic rings. The number of carbonyl (C=O) groups is 2. The Bertz CT molecular complexity index is 720. The minimum absolute atomic E-state index is 0.192. The van der Waals surface area contributed by atoms with E-state index in [1.807, 2.05) is 32.0 Å². The highest BCUT2D eigenvalue weighted by Gasteiger charge is 2.12. The predicted molar refractivity (Wildman–Crippen MR) is 82.0 cm³/mol. The highest BCUT2D eigenvalue weighted by Crippen LogP contribution is 2.19. The molecule has 0 aliphatic carbocycles. The molecule has 0 saturated carbocycles. The quantitative estimate of drug-likeness (QED) is 0.905. The summed E-state index contributed by atoms with van der Waals surface area (Å²) in [5.41, 5.74) is 4.08. The van der Waals surface area contributed by atoms with Gasteiger partial charge < -0.3 is 10.4 Å². The van der Waals surface area contributed by atoms with Crippen LogP contribution in [0.2, 0.25) is 0 Å². The molecule has 2 N–H and O–H groups in total. The van der Waals surface area contributed by atoms with Crippen molar-refractivity contribution < 1.29 is 14.7 Å². The second-order valence-electron chi connectivity index (χ2n) is 5.11. The Morgan fingerprint density at radius 3 is 2.29 bits per heavy atom. The van der Waals surface area contributed by atoms with Gasteiger partial charge in [0.05, 0.1) is 5.56 Å². The zero-order chi connectivity index (χ0) is 15.6. The fourth-order valence-electron chi connectivity index (χ4n) is 2.11. The lowest BCUT2D eigenvalue weighted by molar-refractivity contribution is 0.0696. The number of amides is 1. The topological polar surface area (TPSA) is 66.4 Å². The normalized spacial score (nSPS) is 10.2. The number of aromatic carboxylic acids is 1. The third kappa shape index (κ3) is 3.28. The first-order valence-corrected chi connectivity index (χ1v) is 6.61. The number of carboxylic acids is 1. The summed E-state index contributed by atoms with van der Waals surface area (Å²) in [4.78, 5) is 23.2. The largest absolute Gasteiger partial charge is 0.478 e. The van der Waals surface area contributed by atoms with E-state index in [1.54, 1.807) is 19.1 Å². The Kier molecular flexibility index (Phi) is 4.08. The number of hydrogen-bond acceptors (Lipinski definition) is 2. The molecule has 4 heteroatoms. The lowest BCUT2D eigenvalue weighted by Crippen LogP contribution is -2.14. The van der Waals surface area contributed by atoms with Crippen LogP contribution in [0.15, 0.2) is 36.4 Å². The van der Waals surface area contributed by atoms with E-state index in [0.717, 1.165) is 11.1 Å². The van der Waals surface area contributed by atoms with Crippen LogP contribution in [0.25, 0.3) is 0 Å². The fourth-order valence-corrected chi connectivity index (χ4v) is 2.11. The first-order valence-electron chi connectivity index (χ1n) is 6.61. The van der Waals surface area contributed by atoms with E-state index in [4.69, 9.17) is 5.11 Å². The van der Waals surface area contributed by atoms with Crippen LogP contribution in [0.3, 0.4) is 0 Å². The van der Waals surface area contributed by atoms with Gasteiger partial charge in [-0.25, -0.2) is 4.79 Å². The predicted octanol–water partition coefficient (Wildman–Crippen LogP) is 3.56. The maximum atomic E-state index is 12.3. The highest BCUT2D eigenvalue weighted by atomic mass is 16.4. The van der Waals surface area contributed by atoms with Crippen molar-refractivity contribution in [3.05, 3.63) is 64.2 Å². The Hall–Kier alpha value is -2.62. The van der Waals surface area contributed by atoms with Crippen LogP contribution in [-0.4, -0.2) is 17.0 Å². The van der Waals surface area contributed by atoms with Crippen LogP contribution in [0.1, 0.15) is 37.4 Å². The summed E-state index contributed by atoms with van der Waals surface area (Å²) in [6.45, 7) is 5.59. The molecule has 1 amide bonds. The minimum atomic E-state index is -0.981. The van der Waals surface area contributed by atoms with Crippen LogP contribution in [-0.2, 0) is 0 Å². The molecule has 0 atom stereocenters. The van der Waals surface area contributed by atoms with E-state index in [0.29, 0.717) is 16.8 Å². The van der Waals surface area contributed by atoms with Gasteiger partial charge in [-0.1, -0.05) is 17.7 Å². The molecule has 4 nitrogen and oxygen atoms in total. The van der Waals surface area contributed by atoms with Gasteiger partial charge in [0, 0.05) is 11.3 Å². The maximum absolute atomic E-state index is 12.3. The van der Waals surface area contributed by atoms with Gasteiger partial charge in [-0.15, -0.1) is 0 Å². The average molecular weight is 283 g/mol. The Morgan fingerprint density at radius 2 is 1.67 bits per heavy atom. The SMILES string of the molecule is Cc1ccc(C)c(C(=O)Nc2ccc(C(=O)O)cc2C)c1. The van der Waals surface area contributed by atoms with Crippen molar-refractivity contribution in [2.24, 2.45) is 0 Å². The second kappa shape index (κ2) is 5.79. The molecule has 21 heavy (non-hydrogen) atoms. The lowest BCUT2D eigenvalue weighted by Gasteiger charge is -2.11. The molecule has 0 heterocycles. The molecule has 0 saturated heterocycles. The van der Waals surface area contributed by atoms with Gasteiger partial charge in [0.1, 0.15) is 0 Å². The number of nitrogens with one attached hydrogen (secondary N) is 1. The van der Waals surface area contributed by atoms with Gasteiger partial charge in [-0.3, -0.25) is 4.79 Å². The van der Waals surface area contributed by atoms with E-state index in [2.05, 4.69) is 5.32 Å². The van der Waals surface area contributed by atoms with Crippen molar-refractivity contribution in [3.8, 4) is 0 Å². The molecule has 108 valence electrons. The average Bonchev–Trinajstić information content (AvgIpc) is 2.43. The number of rotatable bonds is 3. The van der Waals surface area contributed by atoms with Gasteiger partial charge >= 0.3 is 5.97 Å². The van der Waals surface area contributed by atoms with Crippen molar-refractivity contribution in [2.45, 2.75) is 20.8 Å². The van der Waals surface area contributed by atoms with Crippen LogP contribution in [0.5, 0.6) is 0 Å². The Balaban J connectivity index is 2.27. The summed E-state index contributed by atoms with van der Waals surface area (Å²) in [5.74, 6) is -1.17. The van der Waals surface area contributed by atoms with Crippen LogP contribution in [0.4, 0.5) is 5.69 Å². The first kappa shape index (κ1) is 14.8. The van der Waals surface area contributed by atoms with Crippen molar-refractivity contribution in [1.29, 1.82) is 0 Å². The highest BCUT2D eigenvalue weighted by molar-refractivity contribution is 6.06. The molecule has 0 unspecified atom stereocenters. The summed E-state index contributed by atoms with van der Waals surface area (Å²) in [5, 5.41) is 11.8. The molecule has 0 aliphatic heterocycles. The van der Waals surface area contributed by atoms with E-state index in [-0.39, 0.29) is 11.5 Å². The van der Waals surface area contributed by atoms with Gasteiger partial charge in [0.25, 0.3) is 5.91 Å². The molecule has 0 aliphatic rings. The summed E-state index contributed by atoms with van der Waals surface area (Å²) < 4.78 is 0. The van der Waals surface area contributed by atoms with E-state index >= 15 is 0 Å². The van der Waals surface area contributed by atoms with Gasteiger partial charge in [0.15, 0.2) is 0 Å². The molecular weight excluding hydrogens is 266 g/mol. The monoisotopic (exact) mass is 283 g/mol. The van der Waals surface area contributed by atoms with E-state index in [9.17, 15) is 9.59 Å². The third-order valence-electron chi connectivity index (χ3n) is 3.36. The number of hydrogen-bond donors (Lipinski definition) is 2. The van der Waals surface area contributed by atoms with Crippen LogP contribution in [0, 0.1) is 20.8 Å². The molecule has 0 radical (unpaired) electrons. The van der Waals surface area contributed by atoms with Crippen molar-refractivity contribution >= 4 is 17.6 Å². The smallest absolute Gasteiger partial charge is 0.335 e. The minimum Gasteiger partial charge on any atom is -0.478 e. The number of aryl methyl sites for hydroxylation is 3. The van der Waals surface area contributed by atoms with Gasteiger partial charge in [-0.2, -0.15) is 0 Å². The Labute approximate surface area is 123 Å². The maximum Gasteiger partial charge on any atom is 0.335 e. The number of benzene rings is 2. The summed E-state index contributed by atoms with van der Waals surface area (Å²) in [7, 11) is 0. The molecule has 0 fully saturated rings. The zero-order valence-corrected chi connectivity index (χ0v) is 12.2. The zero-order valence-electron chi connectivity index (χ0n) is 12.2. The van der Waals surface area contributed by atoms with Crippen molar-refractivity contribution in [1.82, 2.24) is 0 Å². The first-order chi connectivity index (χ1) is 9.88. The molecule has 0 spiro atoms. The fraction of sp³-hybridized carbons (Fsp3) is 0.176. The summed E-state index contributed by atoms with van der Waals surface area (Å²) in [6, 6.07) is 10.3. The van der Waals surface area contributed by atoms with Gasteiger partial charge in [0.2, 0.25) is 0 Å². The number of carbonyl (C=O) groups excluding carboxylic acids is 1. The van der Waals surface area contributed by atoms with Gasteiger partial charge in [-0.05, 0) is 56.2 Å². The number of anilines is 1. The molecule has 0 bridgehead atoms. The van der Waals surface area contributed by atoms with Crippen LogP contribution < -0.4 is 5.32 Å². The molecule has 0 aromatic heterocycles.